The van der Waals surface area contributed by atoms with Gasteiger partial charge in [-0.1, -0.05) is 10.3 Å². The minimum Gasteiger partial charge on any atom is -0.490 e. The molecule has 4 heterocycles. The van der Waals surface area contributed by atoms with E-state index >= 15 is 0 Å². The van der Waals surface area contributed by atoms with Crippen molar-refractivity contribution in [2.24, 2.45) is 0 Å². The van der Waals surface area contributed by atoms with Gasteiger partial charge in [-0.3, -0.25) is 9.59 Å². The van der Waals surface area contributed by atoms with Gasteiger partial charge in [0.05, 0.1) is 0 Å². The molecule has 0 aliphatic rings. The van der Waals surface area contributed by atoms with Gasteiger partial charge < -0.3 is 59.4 Å². The van der Waals surface area contributed by atoms with Crippen LogP contribution in [0.15, 0.2) is 45.4 Å². The van der Waals surface area contributed by atoms with E-state index in [1.807, 2.05) is 104 Å². The number of aliphatic hydroxyl groups is 4. The van der Waals surface area contributed by atoms with E-state index in [1.54, 1.807) is 12.1 Å². The number of aryl methyl sites for hydroxylation is 6. The highest BCUT2D eigenvalue weighted by Crippen LogP contribution is 2.32. The monoisotopic (exact) mass is 940 g/mol. The summed E-state index contributed by atoms with van der Waals surface area (Å²) in [6, 6.07) is 11.1. The van der Waals surface area contributed by atoms with Crippen LogP contribution in [0.3, 0.4) is 0 Å². The van der Waals surface area contributed by atoms with E-state index in [2.05, 4.69) is 50.9 Å². The SMILES string of the molecule is CCN(C)c1nc(C)cc(-c2nc(-c3cc(C)c(OCC(O)CNC(=O)CO)c(C)c3)no2)n1.CCN(C)c1nc(C)cc(-c2nc(-c3cc(C)c(OCC(O)CNC(=O)CO)c(C)c3)no2)n1. The van der Waals surface area contributed by atoms with Crippen molar-refractivity contribution < 1.29 is 48.5 Å². The molecule has 4 aromatic heterocycles. The van der Waals surface area contributed by atoms with Gasteiger partial charge in [0, 0.05) is 62.8 Å². The maximum Gasteiger partial charge on any atom is 0.277 e. The summed E-state index contributed by atoms with van der Waals surface area (Å²) in [5.74, 6) is 2.75. The van der Waals surface area contributed by atoms with Crippen LogP contribution in [0.5, 0.6) is 11.5 Å². The number of benzene rings is 2. The number of carbonyl (C=O) groups excluding carboxylic acids is 2. The van der Waals surface area contributed by atoms with E-state index in [4.69, 9.17) is 28.7 Å². The first-order valence-corrected chi connectivity index (χ1v) is 21.8. The lowest BCUT2D eigenvalue weighted by Gasteiger charge is -2.16. The number of aromatic nitrogens is 8. The molecular formula is C46H60N12O10. The van der Waals surface area contributed by atoms with Crippen LogP contribution in [0.2, 0.25) is 0 Å². The Kier molecular flexibility index (Phi) is 18.3. The van der Waals surface area contributed by atoms with Gasteiger partial charge in [0.15, 0.2) is 0 Å². The van der Waals surface area contributed by atoms with Crippen LogP contribution in [0.1, 0.15) is 47.5 Å². The highest BCUT2D eigenvalue weighted by molar-refractivity contribution is 5.77. The van der Waals surface area contributed by atoms with Gasteiger partial charge in [-0.2, -0.15) is 9.97 Å². The van der Waals surface area contributed by atoms with Crippen LogP contribution in [-0.2, 0) is 9.59 Å². The fourth-order valence-electron chi connectivity index (χ4n) is 6.50. The molecule has 22 nitrogen and oxygen atoms in total. The van der Waals surface area contributed by atoms with Crippen molar-refractivity contribution in [3.63, 3.8) is 0 Å². The zero-order valence-corrected chi connectivity index (χ0v) is 40.0. The molecule has 68 heavy (non-hydrogen) atoms. The molecule has 0 radical (unpaired) electrons. The predicted octanol–water partition coefficient (Wildman–Crippen LogP) is 2.85. The van der Waals surface area contributed by atoms with E-state index in [1.165, 1.54) is 0 Å². The number of amides is 2. The number of ether oxygens (including phenoxy) is 2. The van der Waals surface area contributed by atoms with E-state index in [0.717, 1.165) is 57.9 Å². The summed E-state index contributed by atoms with van der Waals surface area (Å²) in [6.07, 6.45) is -1.83. The summed E-state index contributed by atoms with van der Waals surface area (Å²) < 4.78 is 22.5. The molecule has 2 unspecified atom stereocenters. The van der Waals surface area contributed by atoms with Crippen molar-refractivity contribution in [1.82, 2.24) is 50.9 Å². The first kappa shape index (κ1) is 51.8. The number of hydrogen-bond donors (Lipinski definition) is 6. The topological polar surface area (TPSA) is 293 Å². The highest BCUT2D eigenvalue weighted by Gasteiger charge is 2.20. The summed E-state index contributed by atoms with van der Waals surface area (Å²) >= 11 is 0. The molecule has 0 aliphatic heterocycles. The molecule has 6 rings (SSSR count). The Morgan fingerprint density at radius 3 is 1.26 bits per heavy atom. The molecule has 364 valence electrons. The fraction of sp³-hybridized carbons (Fsp3) is 0.435. The molecule has 6 aromatic rings. The smallest absolute Gasteiger partial charge is 0.277 e. The van der Waals surface area contributed by atoms with Crippen LogP contribution in [0, 0.1) is 41.5 Å². The minimum absolute atomic E-state index is 0.0132. The molecule has 6 N–H and O–H groups in total. The predicted molar refractivity (Wildman–Crippen MR) is 251 cm³/mol. The van der Waals surface area contributed by atoms with Crippen LogP contribution in [-0.4, -0.2) is 151 Å². The standard InChI is InChI=1S/2C23H30N6O5/c2*1-6-29(5)23-25-15(4)9-18(26-23)22-27-21(28-34-22)16-7-13(2)20(14(3)8-16)33-12-17(31)10-24-19(32)11-30/h2*7-9,17,30-31H,6,10-12H2,1-5H3,(H,24,32). The Bertz CT molecular complexity index is 2430. The van der Waals surface area contributed by atoms with Crippen molar-refractivity contribution in [1.29, 1.82) is 0 Å². The molecule has 2 aromatic carbocycles. The van der Waals surface area contributed by atoms with E-state index in [0.29, 0.717) is 58.2 Å². The average Bonchev–Trinajstić information content (AvgIpc) is 4.03. The molecule has 2 atom stereocenters. The first-order valence-electron chi connectivity index (χ1n) is 21.8. The summed E-state index contributed by atoms with van der Waals surface area (Å²) in [6.45, 7) is 15.6. The summed E-state index contributed by atoms with van der Waals surface area (Å²) in [4.78, 5) is 53.1. The summed E-state index contributed by atoms with van der Waals surface area (Å²) in [5.41, 5.74) is 7.53. The average molecular weight is 941 g/mol. The van der Waals surface area contributed by atoms with E-state index in [-0.39, 0.29) is 26.3 Å². The highest BCUT2D eigenvalue weighted by atomic mass is 16.5. The Hall–Kier alpha value is -7.14. The second-order valence-electron chi connectivity index (χ2n) is 16.0. The molecule has 22 heteroatoms. The molecule has 0 spiro atoms. The fourth-order valence-corrected chi connectivity index (χ4v) is 6.50. The maximum absolute atomic E-state index is 11.1. The van der Waals surface area contributed by atoms with Crippen molar-refractivity contribution in [3.05, 3.63) is 70.0 Å². The third-order valence-electron chi connectivity index (χ3n) is 10.2. The van der Waals surface area contributed by atoms with Crippen molar-refractivity contribution in [2.45, 2.75) is 67.6 Å². The maximum atomic E-state index is 11.1. The van der Waals surface area contributed by atoms with Crippen LogP contribution >= 0.6 is 0 Å². The molecule has 0 saturated carbocycles. The number of nitrogens with zero attached hydrogens (tertiary/aromatic N) is 10. The van der Waals surface area contributed by atoms with Gasteiger partial charge in [0.25, 0.3) is 11.8 Å². The lowest BCUT2D eigenvalue weighted by Crippen LogP contribution is -2.36. The molecule has 0 saturated heterocycles. The zero-order valence-electron chi connectivity index (χ0n) is 40.0. The normalized spacial score (nSPS) is 11.9. The number of rotatable bonds is 20. The van der Waals surface area contributed by atoms with Gasteiger partial charge in [0.2, 0.25) is 35.4 Å². The van der Waals surface area contributed by atoms with Gasteiger partial charge in [-0.25, -0.2) is 19.9 Å². The molecule has 0 bridgehead atoms. The number of nitrogens with one attached hydrogen (secondary N) is 2. The zero-order chi connectivity index (χ0) is 49.7. The number of aliphatic hydroxyl groups excluding tert-OH is 4. The van der Waals surface area contributed by atoms with E-state index in [9.17, 15) is 19.8 Å². The molecule has 0 fully saturated rings. The third-order valence-corrected chi connectivity index (χ3v) is 10.2. The van der Waals surface area contributed by atoms with Crippen molar-refractivity contribution in [3.8, 4) is 57.4 Å². The number of anilines is 2. The number of hydrogen-bond acceptors (Lipinski definition) is 20. The Morgan fingerprint density at radius 2 is 0.941 bits per heavy atom. The molecular weight excluding hydrogens is 881 g/mol. The third kappa shape index (κ3) is 13.9. The van der Waals surface area contributed by atoms with Crippen LogP contribution in [0.25, 0.3) is 45.9 Å². The quantitative estimate of drug-likeness (QED) is 0.0641. The minimum atomic E-state index is -0.915. The van der Waals surface area contributed by atoms with Crippen molar-refractivity contribution in [2.75, 3.05) is 76.5 Å². The summed E-state index contributed by atoms with van der Waals surface area (Å²) in [7, 11) is 3.83. The lowest BCUT2D eigenvalue weighted by atomic mass is 10.1. The van der Waals surface area contributed by atoms with Gasteiger partial charge in [-0.15, -0.1) is 0 Å². The van der Waals surface area contributed by atoms with Gasteiger partial charge in [-0.05, 0) is 114 Å². The van der Waals surface area contributed by atoms with Gasteiger partial charge >= 0.3 is 0 Å². The van der Waals surface area contributed by atoms with E-state index < -0.39 is 37.2 Å². The number of carbonyl (C=O) groups is 2. The summed E-state index contributed by atoms with van der Waals surface area (Å²) in [5, 5.41) is 50.5. The Balaban J connectivity index is 0.000000254. The van der Waals surface area contributed by atoms with Crippen LogP contribution in [0.4, 0.5) is 11.9 Å². The van der Waals surface area contributed by atoms with Crippen molar-refractivity contribution >= 4 is 23.7 Å². The first-order chi connectivity index (χ1) is 32.4. The second-order valence-corrected chi connectivity index (χ2v) is 16.0. The van der Waals surface area contributed by atoms with Crippen LogP contribution < -0.4 is 29.9 Å². The molecule has 0 aliphatic carbocycles. The lowest BCUT2D eigenvalue weighted by molar-refractivity contribution is -0.125. The molecule has 2 amide bonds. The van der Waals surface area contributed by atoms with Gasteiger partial charge in [0.1, 0.15) is 61.5 Å². The Morgan fingerprint density at radius 1 is 0.588 bits per heavy atom. The largest absolute Gasteiger partial charge is 0.490 e. The Labute approximate surface area is 393 Å². The second kappa shape index (κ2) is 24.1.